The van der Waals surface area contributed by atoms with Gasteiger partial charge in [0.25, 0.3) is 5.91 Å². The van der Waals surface area contributed by atoms with Crippen LogP contribution in [0.3, 0.4) is 0 Å². The maximum Gasteiger partial charge on any atom is 0.258 e. The normalized spacial score (nSPS) is 16.1. The van der Waals surface area contributed by atoms with Gasteiger partial charge in [-0.1, -0.05) is 36.2 Å². The first-order valence-corrected chi connectivity index (χ1v) is 9.40. The third-order valence-corrected chi connectivity index (χ3v) is 5.50. The number of nitrogens with one attached hydrogen (secondary N) is 1. The van der Waals surface area contributed by atoms with Crippen LogP contribution in [0.1, 0.15) is 46.3 Å². The number of hydrogen-bond donors (Lipinski definition) is 1. The van der Waals surface area contributed by atoms with Gasteiger partial charge in [0.1, 0.15) is 0 Å². The van der Waals surface area contributed by atoms with E-state index in [1.54, 1.807) is 0 Å². The van der Waals surface area contributed by atoms with Crippen LogP contribution in [0.15, 0.2) is 42.5 Å². The Bertz CT molecular complexity index is 855. The van der Waals surface area contributed by atoms with E-state index < -0.39 is 0 Å². The molecule has 1 aliphatic heterocycles. The van der Waals surface area contributed by atoms with Crippen LogP contribution in [0.5, 0.6) is 0 Å². The zero-order valence-electron chi connectivity index (χ0n) is 15.1. The summed E-state index contributed by atoms with van der Waals surface area (Å²) in [6.07, 6.45) is 4.05. The number of amides is 2. The SMILES string of the molecule is Cc1cccc(C(=O)N2CCc3ccc(CNC(=O)C4CCC4)cc32)c1. The molecule has 0 spiro atoms. The van der Waals surface area contributed by atoms with Crippen molar-refractivity contribution in [3.8, 4) is 0 Å². The molecule has 2 aromatic rings. The van der Waals surface area contributed by atoms with Crippen molar-refractivity contribution in [3.05, 3.63) is 64.7 Å². The average Bonchev–Trinajstić information content (AvgIpc) is 3.01. The summed E-state index contributed by atoms with van der Waals surface area (Å²) in [4.78, 5) is 26.8. The van der Waals surface area contributed by atoms with Gasteiger partial charge in [-0.15, -0.1) is 0 Å². The fourth-order valence-corrected chi connectivity index (χ4v) is 3.68. The fourth-order valence-electron chi connectivity index (χ4n) is 3.68. The predicted molar refractivity (Wildman–Crippen MR) is 102 cm³/mol. The van der Waals surface area contributed by atoms with Crippen molar-refractivity contribution in [2.24, 2.45) is 5.92 Å². The second-order valence-corrected chi connectivity index (χ2v) is 7.38. The Balaban J connectivity index is 1.50. The van der Waals surface area contributed by atoms with Crippen LogP contribution in [0, 0.1) is 12.8 Å². The molecule has 2 aromatic carbocycles. The summed E-state index contributed by atoms with van der Waals surface area (Å²) < 4.78 is 0. The van der Waals surface area contributed by atoms with Crippen LogP contribution in [-0.2, 0) is 17.8 Å². The van der Waals surface area contributed by atoms with Gasteiger partial charge in [0.05, 0.1) is 0 Å². The first-order valence-electron chi connectivity index (χ1n) is 9.40. The van der Waals surface area contributed by atoms with Crippen molar-refractivity contribution in [1.29, 1.82) is 0 Å². The van der Waals surface area contributed by atoms with Crippen LogP contribution >= 0.6 is 0 Å². The van der Waals surface area contributed by atoms with Gasteiger partial charge in [0.2, 0.25) is 5.91 Å². The Morgan fingerprint density at radius 1 is 1.15 bits per heavy atom. The molecule has 0 atom stereocenters. The molecule has 1 fully saturated rings. The molecule has 1 aliphatic carbocycles. The summed E-state index contributed by atoms with van der Waals surface area (Å²) in [7, 11) is 0. The van der Waals surface area contributed by atoms with Gasteiger partial charge in [0.15, 0.2) is 0 Å². The van der Waals surface area contributed by atoms with E-state index in [4.69, 9.17) is 0 Å². The van der Waals surface area contributed by atoms with Crippen molar-refractivity contribution in [2.45, 2.75) is 39.2 Å². The number of benzene rings is 2. The van der Waals surface area contributed by atoms with E-state index in [2.05, 4.69) is 23.5 Å². The number of hydrogen-bond acceptors (Lipinski definition) is 2. The first-order chi connectivity index (χ1) is 12.6. The minimum Gasteiger partial charge on any atom is -0.352 e. The topological polar surface area (TPSA) is 49.4 Å². The lowest BCUT2D eigenvalue weighted by Gasteiger charge is -2.24. The first kappa shape index (κ1) is 16.8. The van der Waals surface area contributed by atoms with Crippen molar-refractivity contribution < 1.29 is 9.59 Å². The smallest absolute Gasteiger partial charge is 0.258 e. The summed E-state index contributed by atoms with van der Waals surface area (Å²) in [5, 5.41) is 3.03. The Kier molecular flexibility index (Phi) is 4.49. The molecular formula is C22H24N2O2. The number of rotatable bonds is 4. The zero-order chi connectivity index (χ0) is 18.1. The maximum absolute atomic E-state index is 12.9. The zero-order valence-corrected chi connectivity index (χ0v) is 15.1. The van der Waals surface area contributed by atoms with E-state index in [1.165, 1.54) is 5.56 Å². The summed E-state index contributed by atoms with van der Waals surface area (Å²) in [6.45, 7) is 3.23. The van der Waals surface area contributed by atoms with Crippen LogP contribution in [-0.4, -0.2) is 18.4 Å². The highest BCUT2D eigenvalue weighted by molar-refractivity contribution is 6.07. The lowest BCUT2D eigenvalue weighted by atomic mass is 9.85. The second kappa shape index (κ2) is 6.94. The minimum atomic E-state index is 0.0445. The molecule has 1 heterocycles. The molecular weight excluding hydrogens is 324 g/mol. The maximum atomic E-state index is 12.9. The monoisotopic (exact) mass is 348 g/mol. The van der Waals surface area contributed by atoms with Crippen LogP contribution in [0.2, 0.25) is 0 Å². The van der Waals surface area contributed by atoms with Crippen LogP contribution in [0.4, 0.5) is 5.69 Å². The highest BCUT2D eigenvalue weighted by Gasteiger charge is 2.27. The van der Waals surface area contributed by atoms with Crippen molar-refractivity contribution in [3.63, 3.8) is 0 Å². The predicted octanol–water partition coefficient (Wildman–Crippen LogP) is 3.61. The molecule has 134 valence electrons. The van der Waals surface area contributed by atoms with Gasteiger partial charge in [-0.05, 0) is 55.5 Å². The molecule has 26 heavy (non-hydrogen) atoms. The van der Waals surface area contributed by atoms with Crippen molar-refractivity contribution >= 4 is 17.5 Å². The molecule has 0 bridgehead atoms. The molecule has 2 aliphatic rings. The molecule has 2 amide bonds. The molecule has 1 saturated carbocycles. The Morgan fingerprint density at radius 2 is 2.00 bits per heavy atom. The number of carbonyl (C=O) groups is 2. The van der Waals surface area contributed by atoms with Gasteiger partial charge in [0, 0.05) is 30.3 Å². The van der Waals surface area contributed by atoms with Gasteiger partial charge < -0.3 is 10.2 Å². The van der Waals surface area contributed by atoms with E-state index in [0.717, 1.165) is 48.1 Å². The second-order valence-electron chi connectivity index (χ2n) is 7.38. The van der Waals surface area contributed by atoms with E-state index in [0.29, 0.717) is 13.1 Å². The van der Waals surface area contributed by atoms with E-state index in [1.807, 2.05) is 36.1 Å². The highest BCUT2D eigenvalue weighted by Crippen LogP contribution is 2.31. The molecule has 0 radical (unpaired) electrons. The molecule has 0 aromatic heterocycles. The molecule has 4 rings (SSSR count). The Labute approximate surface area is 154 Å². The Morgan fingerprint density at radius 3 is 2.73 bits per heavy atom. The van der Waals surface area contributed by atoms with Crippen molar-refractivity contribution in [1.82, 2.24) is 5.32 Å². The number of carbonyl (C=O) groups excluding carboxylic acids is 2. The van der Waals surface area contributed by atoms with E-state index >= 15 is 0 Å². The van der Waals surface area contributed by atoms with Gasteiger partial charge >= 0.3 is 0 Å². The summed E-state index contributed by atoms with van der Waals surface area (Å²) >= 11 is 0. The molecule has 0 unspecified atom stereocenters. The third-order valence-electron chi connectivity index (χ3n) is 5.50. The molecule has 4 nitrogen and oxygen atoms in total. The van der Waals surface area contributed by atoms with E-state index in [9.17, 15) is 9.59 Å². The highest BCUT2D eigenvalue weighted by atomic mass is 16.2. The van der Waals surface area contributed by atoms with Crippen LogP contribution in [0.25, 0.3) is 0 Å². The van der Waals surface area contributed by atoms with Gasteiger partial charge in [-0.25, -0.2) is 0 Å². The molecule has 4 heteroatoms. The molecule has 1 N–H and O–H groups in total. The Hall–Kier alpha value is -2.62. The molecule has 0 saturated heterocycles. The minimum absolute atomic E-state index is 0.0445. The lowest BCUT2D eigenvalue weighted by Crippen LogP contribution is -2.34. The standard InChI is InChI=1S/C22H24N2O2/c1-15-4-2-7-19(12-15)22(26)24-11-10-17-9-8-16(13-20(17)24)14-23-21(25)18-5-3-6-18/h2,4,7-9,12-13,18H,3,5-6,10-11,14H2,1H3,(H,23,25). The van der Waals surface area contributed by atoms with Gasteiger partial charge in [-0.2, -0.15) is 0 Å². The fraction of sp³-hybridized carbons (Fsp3) is 0.364. The average molecular weight is 348 g/mol. The lowest BCUT2D eigenvalue weighted by molar-refractivity contribution is -0.127. The van der Waals surface area contributed by atoms with Crippen molar-refractivity contribution in [2.75, 3.05) is 11.4 Å². The number of aryl methyl sites for hydroxylation is 1. The third kappa shape index (κ3) is 3.24. The van der Waals surface area contributed by atoms with Gasteiger partial charge in [-0.3, -0.25) is 9.59 Å². The summed E-state index contributed by atoms with van der Waals surface area (Å²) in [6, 6.07) is 13.9. The summed E-state index contributed by atoms with van der Waals surface area (Å²) in [5.74, 6) is 0.399. The number of fused-ring (bicyclic) bond motifs is 1. The summed E-state index contributed by atoms with van der Waals surface area (Å²) in [5.41, 5.74) is 5.02. The quantitative estimate of drug-likeness (QED) is 0.917. The van der Waals surface area contributed by atoms with Crippen LogP contribution < -0.4 is 10.2 Å². The van der Waals surface area contributed by atoms with E-state index in [-0.39, 0.29) is 17.7 Å². The largest absolute Gasteiger partial charge is 0.352 e. The number of nitrogens with zero attached hydrogens (tertiary/aromatic N) is 1. The number of anilines is 1.